The van der Waals surface area contributed by atoms with E-state index in [0.717, 1.165) is 63.2 Å². The molecule has 1 unspecified atom stereocenters. The fourth-order valence-electron chi connectivity index (χ4n) is 8.95. The molecule has 0 amide bonds. The largest absolute Gasteiger partial charge is 0.489 e. The van der Waals surface area contributed by atoms with E-state index in [1.165, 1.54) is 5.56 Å². The maximum atomic E-state index is 13.4. The van der Waals surface area contributed by atoms with E-state index < -0.39 is 18.4 Å². The molecule has 0 bridgehead atoms. The number of fused-ring (bicyclic) bond motifs is 1. The number of aldehydes is 1. The summed E-state index contributed by atoms with van der Waals surface area (Å²) in [6, 6.07) is 73.5. The lowest BCUT2D eigenvalue weighted by Crippen LogP contribution is -2.49. The summed E-state index contributed by atoms with van der Waals surface area (Å²) in [7, 11) is 0. The summed E-state index contributed by atoms with van der Waals surface area (Å²) in [6.45, 7) is 3.85. The molecule has 0 spiro atoms. The Morgan fingerprint density at radius 2 is 0.986 bits per heavy atom. The first-order valence-electron chi connectivity index (χ1n) is 24.3. The molecule has 0 aliphatic carbocycles. The Bertz CT molecular complexity index is 2910. The van der Waals surface area contributed by atoms with Gasteiger partial charge in [0.1, 0.15) is 62.8 Å². The highest BCUT2D eigenvalue weighted by Gasteiger charge is 2.54. The first-order valence-corrected chi connectivity index (χ1v) is 24.3. The number of cyclic esters (lactones) is 2. The van der Waals surface area contributed by atoms with Crippen LogP contribution in [0.25, 0.3) is 11.1 Å². The highest BCUT2D eigenvalue weighted by atomic mass is 16.6. The Labute approximate surface area is 434 Å². The number of carbonyl (C=O) groups excluding carboxylic acids is 4. The molecular formula is C64H61NO9. The van der Waals surface area contributed by atoms with Crippen molar-refractivity contribution in [2.75, 3.05) is 13.2 Å². The number of morpholine rings is 1. The third kappa shape index (κ3) is 14.2. The second kappa shape index (κ2) is 27.4. The average molecular weight is 988 g/mol. The van der Waals surface area contributed by atoms with E-state index in [1.807, 2.05) is 146 Å². The van der Waals surface area contributed by atoms with Crippen LogP contribution < -0.4 is 9.47 Å². The highest BCUT2D eigenvalue weighted by Crippen LogP contribution is 2.49. The van der Waals surface area contributed by atoms with Crippen molar-refractivity contribution in [3.8, 4) is 22.6 Å². The van der Waals surface area contributed by atoms with E-state index in [4.69, 9.17) is 28.5 Å². The molecule has 0 saturated carbocycles. The van der Waals surface area contributed by atoms with Crippen LogP contribution >= 0.6 is 0 Å². The predicted molar refractivity (Wildman–Crippen MR) is 287 cm³/mol. The molecule has 3 fully saturated rings. The molecule has 10 nitrogen and oxygen atoms in total. The Kier molecular flexibility index (Phi) is 19.8. The number of hydrogen-bond donors (Lipinski definition) is 0. The van der Waals surface area contributed by atoms with Gasteiger partial charge in [0, 0.05) is 17.9 Å². The van der Waals surface area contributed by atoms with Crippen LogP contribution in [0.3, 0.4) is 0 Å². The van der Waals surface area contributed by atoms with Crippen molar-refractivity contribution in [2.24, 2.45) is 0 Å². The number of benzene rings is 8. The van der Waals surface area contributed by atoms with Gasteiger partial charge in [-0.2, -0.15) is 0 Å². The van der Waals surface area contributed by atoms with Gasteiger partial charge >= 0.3 is 11.9 Å². The molecule has 10 heteroatoms. The summed E-state index contributed by atoms with van der Waals surface area (Å²) < 4.78 is 29.2. The third-order valence-electron chi connectivity index (χ3n) is 12.8. The van der Waals surface area contributed by atoms with Crippen LogP contribution in [0, 0.1) is 0 Å². The molecule has 0 N–H and O–H groups in total. The van der Waals surface area contributed by atoms with E-state index in [9.17, 15) is 14.4 Å². The zero-order chi connectivity index (χ0) is 50.6. The first kappa shape index (κ1) is 53.4. The van der Waals surface area contributed by atoms with E-state index in [0.29, 0.717) is 37.7 Å². The number of ether oxygens (including phenoxy) is 5. The smallest absolute Gasteiger partial charge is 0.326 e. The molecule has 74 heavy (non-hydrogen) atoms. The van der Waals surface area contributed by atoms with Crippen molar-refractivity contribution >= 4 is 25.0 Å². The number of carbonyl (C=O) groups is 4. The zero-order valence-corrected chi connectivity index (χ0v) is 40.4. The van der Waals surface area contributed by atoms with Gasteiger partial charge in [-0.15, -0.1) is 0 Å². The molecule has 8 aromatic rings. The van der Waals surface area contributed by atoms with Gasteiger partial charge in [-0.3, -0.25) is 14.4 Å². The fourth-order valence-corrected chi connectivity index (χ4v) is 8.95. The third-order valence-corrected chi connectivity index (χ3v) is 12.8. The lowest BCUT2D eigenvalue weighted by molar-refractivity contribution is -0.163. The Balaban J connectivity index is 0.000000204. The van der Waals surface area contributed by atoms with Gasteiger partial charge in [-0.05, 0) is 87.3 Å². The normalized spacial score (nSPS) is 18.5. The molecule has 0 aromatic heterocycles. The van der Waals surface area contributed by atoms with Gasteiger partial charge in [0.25, 0.3) is 0 Å². The van der Waals surface area contributed by atoms with E-state index in [-0.39, 0.29) is 32.0 Å². The number of hydrogen-bond acceptors (Lipinski definition) is 10. The summed E-state index contributed by atoms with van der Waals surface area (Å²) >= 11 is 0. The molecule has 0 radical (unpaired) electrons. The van der Waals surface area contributed by atoms with Crippen molar-refractivity contribution in [3.05, 3.63) is 263 Å². The van der Waals surface area contributed by atoms with Gasteiger partial charge in [0.15, 0.2) is 0 Å². The van der Waals surface area contributed by atoms with Crippen LogP contribution in [0.1, 0.15) is 88.3 Å². The molecule has 376 valence electrons. The molecule has 5 atom stereocenters. The summed E-state index contributed by atoms with van der Waals surface area (Å²) in [5, 5.41) is 0. The molecule has 3 heterocycles. The summed E-state index contributed by atoms with van der Waals surface area (Å²) in [5.41, 5.74) is 9.46. The van der Waals surface area contributed by atoms with Gasteiger partial charge in [0.2, 0.25) is 0 Å². The van der Waals surface area contributed by atoms with Crippen molar-refractivity contribution in [1.82, 2.24) is 4.90 Å². The van der Waals surface area contributed by atoms with Gasteiger partial charge in [0.05, 0.1) is 12.6 Å². The van der Waals surface area contributed by atoms with Crippen LogP contribution in [0.15, 0.2) is 224 Å². The fraction of sp³-hybridized carbons (Fsp3) is 0.188. The van der Waals surface area contributed by atoms with Crippen LogP contribution in [0.4, 0.5) is 0 Å². The highest BCUT2D eigenvalue weighted by molar-refractivity contribution is 5.78. The Morgan fingerprint density at radius 3 is 1.50 bits per heavy atom. The molecular weight excluding hydrogens is 927 g/mol. The lowest BCUT2D eigenvalue weighted by atomic mass is 9.94. The van der Waals surface area contributed by atoms with E-state index >= 15 is 0 Å². The summed E-state index contributed by atoms with van der Waals surface area (Å²) in [5.74, 6) is 1.61. The van der Waals surface area contributed by atoms with Crippen molar-refractivity contribution in [2.45, 2.75) is 63.8 Å². The average Bonchev–Trinajstić information content (AvgIpc) is 3.88. The molecule has 11 rings (SSSR count). The number of rotatable bonds is 12. The molecule has 3 saturated heterocycles. The minimum Gasteiger partial charge on any atom is -0.489 e. The van der Waals surface area contributed by atoms with Crippen molar-refractivity contribution < 1.29 is 42.9 Å². The van der Waals surface area contributed by atoms with Crippen molar-refractivity contribution in [3.63, 3.8) is 0 Å². The zero-order valence-electron chi connectivity index (χ0n) is 40.4. The quantitative estimate of drug-likeness (QED) is 0.0865. The lowest BCUT2D eigenvalue weighted by Gasteiger charge is -2.39. The summed E-state index contributed by atoms with van der Waals surface area (Å²) in [6.07, 6.45) is 1.38. The van der Waals surface area contributed by atoms with Crippen LogP contribution in [-0.4, -0.2) is 49.2 Å². The van der Waals surface area contributed by atoms with Gasteiger partial charge in [-0.25, -0.2) is 4.90 Å². The van der Waals surface area contributed by atoms with Crippen molar-refractivity contribution in [1.29, 1.82) is 0 Å². The summed E-state index contributed by atoms with van der Waals surface area (Å²) in [4.78, 5) is 44.9. The second-order valence-corrected chi connectivity index (χ2v) is 17.5. The van der Waals surface area contributed by atoms with Crippen LogP contribution in [0.2, 0.25) is 0 Å². The van der Waals surface area contributed by atoms with Crippen LogP contribution in [-0.2, 0) is 41.8 Å². The van der Waals surface area contributed by atoms with Gasteiger partial charge < -0.3 is 28.5 Å². The standard InChI is InChI=1S/C37H31NO4.C14H12O2.C11H12O2.CH2O.CH4/c39-37-34-35(30-20-22-32(23-21-30)40-24-26-10-4-1-5-11-26)42-36(38(34)33(25-41-37)29-14-8-3-9-15-29)31-18-16-28(17-19-31)27-12-6-2-7-13-27;15-10-12-6-8-14(9-7-12)16-11-13-4-2-1-3-5-13;12-11-7-6-10(8-13-11)9-4-2-1-3-5-9;1-2;/h1-23,33-36H,24-25H2;1-10H,11H2;1-5,10H,6-8H2;1H2;1H4/t33-,34?,35-,36+;;10-;;/m1.1../s1. The monoisotopic (exact) mass is 987 g/mol. The number of nitrogens with zero attached hydrogens (tertiary/aromatic N) is 1. The Hall–Kier alpha value is -8.44. The minimum absolute atomic E-state index is 0. The molecule has 8 aromatic carbocycles. The Morgan fingerprint density at radius 1 is 0.514 bits per heavy atom. The SMILES string of the molecule is C.C=O.O=C1CC[C@@H](c2ccccc2)CO1.O=C1OC[C@H](c2ccccc2)N2C1[C@@H](c1ccc(OCc3ccccc3)cc1)O[C@H]2c1ccc(-c2ccccc2)cc1.O=Cc1ccc(OCc2ccccc2)cc1. The topological polar surface area (TPSA) is 118 Å². The maximum absolute atomic E-state index is 13.4. The second-order valence-electron chi connectivity index (χ2n) is 17.5. The molecule has 3 aliphatic rings. The predicted octanol–water partition coefficient (Wildman–Crippen LogP) is 13.3. The van der Waals surface area contributed by atoms with Crippen LogP contribution in [0.5, 0.6) is 11.5 Å². The first-order chi connectivity index (χ1) is 36.0. The maximum Gasteiger partial charge on any atom is 0.326 e. The minimum atomic E-state index is -0.584. The van der Waals surface area contributed by atoms with E-state index in [2.05, 4.69) is 65.6 Å². The number of esters is 2. The molecule has 3 aliphatic heterocycles. The van der Waals surface area contributed by atoms with E-state index in [1.54, 1.807) is 24.3 Å². The van der Waals surface area contributed by atoms with Gasteiger partial charge in [-0.1, -0.05) is 195 Å².